The van der Waals surface area contributed by atoms with Gasteiger partial charge in [0.05, 0.1) is 6.04 Å². The lowest BCUT2D eigenvalue weighted by Crippen LogP contribution is -2.24. The van der Waals surface area contributed by atoms with Crippen LogP contribution in [0.25, 0.3) is 0 Å². The third kappa shape index (κ3) is 5.76. The van der Waals surface area contributed by atoms with Gasteiger partial charge < -0.3 is 4.74 Å². The highest BCUT2D eigenvalue weighted by Gasteiger charge is 2.24. The van der Waals surface area contributed by atoms with Gasteiger partial charge in [0.2, 0.25) is 5.90 Å². The van der Waals surface area contributed by atoms with E-state index >= 15 is 0 Å². The molecular weight excluding hydrogens is 517 g/mol. The molecule has 0 fully saturated rings. The van der Waals surface area contributed by atoms with Crippen molar-refractivity contribution in [2.24, 2.45) is 4.99 Å². The first kappa shape index (κ1) is 25.9. The lowest BCUT2D eigenvalue weighted by atomic mass is 9.93. The molecule has 10 rings (SSSR count). The molecule has 1 heterocycles. The topological polar surface area (TPSA) is 21.6 Å². The van der Waals surface area contributed by atoms with E-state index in [9.17, 15) is 0 Å². The normalized spacial score (nSPS) is 16.2. The number of hydrogen-bond donors (Lipinski definition) is 0. The fourth-order valence-corrected chi connectivity index (χ4v) is 8.64. The first-order chi connectivity index (χ1) is 20.3. The van der Waals surface area contributed by atoms with Crippen LogP contribution in [-0.4, -0.2) is 18.5 Å². The second kappa shape index (κ2) is 11.9. The molecule has 0 spiro atoms. The Morgan fingerprint density at radius 1 is 0.610 bits per heavy atom. The summed E-state index contributed by atoms with van der Waals surface area (Å²) in [5, 5.41) is 4.30. The van der Waals surface area contributed by atoms with Crippen LogP contribution in [0.2, 0.25) is 0 Å². The van der Waals surface area contributed by atoms with Crippen molar-refractivity contribution in [3.05, 3.63) is 161 Å². The molecular formula is C38H34NOP. The van der Waals surface area contributed by atoms with Gasteiger partial charge in [-0.25, -0.2) is 4.99 Å². The number of hydrogen-bond acceptors (Lipinski definition) is 2. The lowest BCUT2D eigenvalue weighted by Gasteiger charge is -2.24. The van der Waals surface area contributed by atoms with Crippen molar-refractivity contribution >= 4 is 29.7 Å². The largest absolute Gasteiger partial charge is 0.475 e. The molecule has 4 bridgehead atoms. The fourth-order valence-electron chi connectivity index (χ4n) is 6.07. The van der Waals surface area contributed by atoms with E-state index in [1.54, 1.807) is 0 Å². The lowest BCUT2D eigenvalue weighted by molar-refractivity contribution is 0.316. The predicted octanol–water partition coefficient (Wildman–Crippen LogP) is 6.72. The first-order valence-corrected chi connectivity index (χ1v) is 16.0. The average molecular weight is 552 g/mol. The molecule has 0 saturated heterocycles. The fraction of sp³-hybridized carbons (Fsp3) is 0.184. The smallest absolute Gasteiger partial charge is 0.216 e. The van der Waals surface area contributed by atoms with Gasteiger partial charge in [0, 0.05) is 5.56 Å². The van der Waals surface area contributed by atoms with E-state index in [-0.39, 0.29) is 6.04 Å². The van der Waals surface area contributed by atoms with Crippen LogP contribution in [0.3, 0.4) is 0 Å². The molecule has 1 aliphatic heterocycles. The predicted molar refractivity (Wildman–Crippen MR) is 173 cm³/mol. The summed E-state index contributed by atoms with van der Waals surface area (Å²) < 4.78 is 6.27. The molecule has 0 saturated carbocycles. The number of aliphatic imine (C=N–C) groups is 1. The number of aryl methyl sites for hydroxylation is 4. The summed E-state index contributed by atoms with van der Waals surface area (Å²) in [7, 11) is -0.651. The van der Waals surface area contributed by atoms with Gasteiger partial charge in [-0.05, 0) is 89.8 Å². The van der Waals surface area contributed by atoms with Crippen molar-refractivity contribution in [3.63, 3.8) is 0 Å². The summed E-state index contributed by atoms with van der Waals surface area (Å²) in [6.45, 7) is 0.650. The van der Waals surface area contributed by atoms with E-state index < -0.39 is 7.92 Å². The van der Waals surface area contributed by atoms with Crippen LogP contribution in [0.1, 0.15) is 33.4 Å². The summed E-state index contributed by atoms with van der Waals surface area (Å²) in [6.07, 6.45) is 4.88. The zero-order valence-corrected chi connectivity index (χ0v) is 24.1. The Morgan fingerprint density at radius 2 is 1.20 bits per heavy atom. The Balaban J connectivity index is 1.24. The maximum atomic E-state index is 6.27. The molecule has 3 heteroatoms. The maximum absolute atomic E-state index is 6.27. The summed E-state index contributed by atoms with van der Waals surface area (Å²) in [5.74, 6) is 0.824. The van der Waals surface area contributed by atoms with Crippen molar-refractivity contribution in [1.82, 2.24) is 0 Å². The molecule has 0 aromatic heterocycles. The summed E-state index contributed by atoms with van der Waals surface area (Å²) >= 11 is 0. The molecule has 5 aromatic carbocycles. The molecule has 0 unspecified atom stereocenters. The minimum absolute atomic E-state index is 0.168. The van der Waals surface area contributed by atoms with E-state index in [1.165, 1.54) is 49.3 Å². The van der Waals surface area contributed by atoms with Gasteiger partial charge in [-0.15, -0.1) is 0 Å². The van der Waals surface area contributed by atoms with Crippen molar-refractivity contribution in [3.8, 4) is 0 Å². The van der Waals surface area contributed by atoms with Crippen LogP contribution in [0, 0.1) is 0 Å². The third-order valence-electron chi connectivity index (χ3n) is 8.22. The minimum atomic E-state index is -0.651. The second-order valence-corrected chi connectivity index (χ2v) is 13.2. The SMILES string of the molecule is c1ccc(C[C@H]2COC(c3cc4ccc3CCc3ccc(cc3P(c3ccccc3)c3ccccc3)CC4)=N2)cc1. The Bertz CT molecular complexity index is 1620. The van der Waals surface area contributed by atoms with Gasteiger partial charge in [0.25, 0.3) is 0 Å². The van der Waals surface area contributed by atoms with Crippen molar-refractivity contribution in [2.75, 3.05) is 6.61 Å². The molecule has 0 radical (unpaired) electrons. The number of benzene rings is 5. The molecule has 0 N–H and O–H groups in total. The molecule has 1 atom stereocenters. The average Bonchev–Trinajstić information content (AvgIpc) is 3.48. The Morgan fingerprint density at radius 3 is 1.88 bits per heavy atom. The zero-order valence-electron chi connectivity index (χ0n) is 23.2. The van der Waals surface area contributed by atoms with Crippen LogP contribution in [0.15, 0.2) is 132 Å². The quantitative estimate of drug-likeness (QED) is 0.215. The van der Waals surface area contributed by atoms with Gasteiger partial charge in [0.15, 0.2) is 0 Å². The van der Waals surface area contributed by atoms with E-state index in [0.717, 1.165) is 38.0 Å². The summed E-state index contributed by atoms with van der Waals surface area (Å²) in [6, 6.07) is 47.2. The standard InChI is InChI=1S/C38H34NOP/c1-4-10-28(11-5-1)24-33-27-40-38(39-33)36-25-29-16-17-30-19-21-32(23-22-31(36)20-18-29)37(26-30)41(34-12-6-2-7-13-34)35-14-8-3-9-15-35/h1-15,18-21,25-26,33H,16-17,22-24,27H2/t33-/m0/s1. The molecule has 0 amide bonds. The summed E-state index contributed by atoms with van der Waals surface area (Å²) in [4.78, 5) is 5.09. The zero-order chi connectivity index (χ0) is 27.4. The highest BCUT2D eigenvalue weighted by molar-refractivity contribution is 7.79. The van der Waals surface area contributed by atoms with E-state index in [0.29, 0.717) is 6.61 Å². The van der Waals surface area contributed by atoms with Crippen molar-refractivity contribution in [2.45, 2.75) is 38.1 Å². The maximum Gasteiger partial charge on any atom is 0.216 e. The van der Waals surface area contributed by atoms with E-state index in [2.05, 4.69) is 127 Å². The minimum Gasteiger partial charge on any atom is -0.475 e. The molecule has 2 nitrogen and oxygen atoms in total. The number of ether oxygens (including phenoxy) is 1. The van der Waals surface area contributed by atoms with Crippen molar-refractivity contribution < 1.29 is 4.74 Å². The summed E-state index contributed by atoms with van der Waals surface area (Å²) in [5.41, 5.74) is 8.02. The van der Waals surface area contributed by atoms with E-state index in [4.69, 9.17) is 9.73 Å². The molecule has 41 heavy (non-hydrogen) atoms. The highest BCUT2D eigenvalue weighted by Crippen LogP contribution is 2.35. The van der Waals surface area contributed by atoms with Gasteiger partial charge in [-0.1, -0.05) is 121 Å². The van der Waals surface area contributed by atoms with Crippen LogP contribution in [-0.2, 0) is 36.8 Å². The van der Waals surface area contributed by atoms with Crippen LogP contribution in [0.4, 0.5) is 0 Å². The van der Waals surface area contributed by atoms with Gasteiger partial charge in [-0.2, -0.15) is 0 Å². The Labute approximate surface area is 244 Å². The van der Waals surface area contributed by atoms with Crippen LogP contribution in [0.5, 0.6) is 0 Å². The van der Waals surface area contributed by atoms with Gasteiger partial charge in [0.1, 0.15) is 6.61 Å². The third-order valence-corrected chi connectivity index (χ3v) is 10.7. The van der Waals surface area contributed by atoms with Crippen LogP contribution >= 0.6 is 7.92 Å². The molecule has 4 aliphatic carbocycles. The highest BCUT2D eigenvalue weighted by atomic mass is 31.1. The monoisotopic (exact) mass is 551 g/mol. The molecule has 202 valence electrons. The Hall–Kier alpha value is -4.00. The first-order valence-electron chi connectivity index (χ1n) is 14.7. The van der Waals surface area contributed by atoms with Gasteiger partial charge in [-0.3, -0.25) is 0 Å². The number of nitrogens with zero attached hydrogens (tertiary/aromatic N) is 1. The van der Waals surface area contributed by atoms with E-state index in [1.807, 2.05) is 0 Å². The Kier molecular flexibility index (Phi) is 7.50. The van der Waals surface area contributed by atoms with Crippen molar-refractivity contribution in [1.29, 1.82) is 0 Å². The van der Waals surface area contributed by atoms with Crippen LogP contribution < -0.4 is 15.9 Å². The molecule has 5 aromatic rings. The second-order valence-electron chi connectivity index (χ2n) is 11.0. The van der Waals surface area contributed by atoms with Gasteiger partial charge >= 0.3 is 0 Å². The number of rotatable bonds is 6. The molecule has 5 aliphatic rings.